The largest absolute Gasteiger partial charge is 0.466 e. The number of aryl methyl sites for hydroxylation is 1. The fourth-order valence-electron chi connectivity index (χ4n) is 1.99. The maximum Gasteiger partial charge on any atom is 0.310 e. The van der Waals surface area contributed by atoms with Gasteiger partial charge in [-0.1, -0.05) is 30.3 Å². The van der Waals surface area contributed by atoms with Crippen LogP contribution in [0.3, 0.4) is 0 Å². The Kier molecular flexibility index (Phi) is 4.82. The van der Waals surface area contributed by atoms with E-state index in [-0.39, 0.29) is 12.4 Å². The highest BCUT2D eigenvalue weighted by atomic mass is 16.5. The highest BCUT2D eigenvalue weighted by Crippen LogP contribution is 2.31. The van der Waals surface area contributed by atoms with E-state index in [1.807, 2.05) is 37.3 Å². The molecule has 2 rings (SSSR count). The second-order valence-electron chi connectivity index (χ2n) is 4.68. The number of carbonyl (C=O) groups excluding carboxylic acids is 1. The Hall–Kier alpha value is -2.49. The number of anilines is 1. The first-order chi connectivity index (χ1) is 10.1. The lowest BCUT2D eigenvalue weighted by Crippen LogP contribution is -2.09. The SMILES string of the molecule is CCOC(=O)Cc1cccc(Oc2ccccc2C)c1N. The molecular formula is C17H19NO3. The molecule has 2 aromatic carbocycles. The molecule has 110 valence electrons. The van der Waals surface area contributed by atoms with E-state index in [4.69, 9.17) is 15.2 Å². The fraction of sp³-hybridized carbons (Fsp3) is 0.235. The summed E-state index contributed by atoms with van der Waals surface area (Å²) in [6.45, 7) is 4.10. The molecule has 0 unspecified atom stereocenters. The summed E-state index contributed by atoms with van der Waals surface area (Å²) in [5.74, 6) is 1.00. The number of hydrogen-bond donors (Lipinski definition) is 1. The van der Waals surface area contributed by atoms with Crippen LogP contribution in [0.1, 0.15) is 18.1 Å². The molecule has 21 heavy (non-hydrogen) atoms. The monoisotopic (exact) mass is 285 g/mol. The van der Waals surface area contributed by atoms with Gasteiger partial charge in [-0.25, -0.2) is 0 Å². The van der Waals surface area contributed by atoms with Gasteiger partial charge in [0, 0.05) is 0 Å². The Morgan fingerprint density at radius 3 is 2.52 bits per heavy atom. The minimum atomic E-state index is -0.294. The first kappa shape index (κ1) is 14.9. The van der Waals surface area contributed by atoms with Crippen molar-refractivity contribution in [3.63, 3.8) is 0 Å². The highest BCUT2D eigenvalue weighted by Gasteiger charge is 2.12. The van der Waals surface area contributed by atoms with Crippen molar-refractivity contribution in [2.24, 2.45) is 0 Å². The van der Waals surface area contributed by atoms with Crippen molar-refractivity contribution < 1.29 is 14.3 Å². The minimum absolute atomic E-state index is 0.143. The zero-order valence-electron chi connectivity index (χ0n) is 12.3. The van der Waals surface area contributed by atoms with Crippen molar-refractivity contribution in [1.82, 2.24) is 0 Å². The summed E-state index contributed by atoms with van der Waals surface area (Å²) < 4.78 is 10.8. The van der Waals surface area contributed by atoms with Crippen molar-refractivity contribution in [2.75, 3.05) is 12.3 Å². The van der Waals surface area contributed by atoms with Crippen molar-refractivity contribution in [3.8, 4) is 11.5 Å². The average Bonchev–Trinajstić information content (AvgIpc) is 2.46. The Labute approximate surface area is 124 Å². The topological polar surface area (TPSA) is 61.5 Å². The number of hydrogen-bond acceptors (Lipinski definition) is 4. The Morgan fingerprint density at radius 2 is 1.81 bits per heavy atom. The number of esters is 1. The number of carbonyl (C=O) groups is 1. The Balaban J connectivity index is 2.22. The number of benzene rings is 2. The van der Waals surface area contributed by atoms with Crippen LogP contribution in [0, 0.1) is 6.92 Å². The predicted molar refractivity (Wildman–Crippen MR) is 82.4 cm³/mol. The van der Waals surface area contributed by atoms with Crippen LogP contribution in [0.4, 0.5) is 5.69 Å². The molecule has 0 spiro atoms. The third kappa shape index (κ3) is 3.75. The second-order valence-corrected chi connectivity index (χ2v) is 4.68. The minimum Gasteiger partial charge on any atom is -0.466 e. The molecule has 0 saturated heterocycles. The maximum atomic E-state index is 11.6. The lowest BCUT2D eigenvalue weighted by atomic mass is 10.1. The molecule has 4 nitrogen and oxygen atoms in total. The first-order valence-corrected chi connectivity index (χ1v) is 6.88. The highest BCUT2D eigenvalue weighted by molar-refractivity contribution is 5.76. The van der Waals surface area contributed by atoms with Crippen LogP contribution >= 0.6 is 0 Å². The van der Waals surface area contributed by atoms with Crippen molar-refractivity contribution in [3.05, 3.63) is 53.6 Å². The molecule has 0 amide bonds. The number of ether oxygens (including phenoxy) is 2. The van der Waals surface area contributed by atoms with E-state index in [9.17, 15) is 4.79 Å². The van der Waals surface area contributed by atoms with E-state index >= 15 is 0 Å². The number of para-hydroxylation sites is 2. The van der Waals surface area contributed by atoms with Gasteiger partial charge in [-0.15, -0.1) is 0 Å². The molecule has 0 fully saturated rings. The van der Waals surface area contributed by atoms with Crippen LogP contribution in [0.2, 0.25) is 0 Å². The van der Waals surface area contributed by atoms with Gasteiger partial charge in [0.2, 0.25) is 0 Å². The molecule has 0 aliphatic rings. The summed E-state index contributed by atoms with van der Waals surface area (Å²) in [7, 11) is 0. The van der Waals surface area contributed by atoms with Crippen LogP contribution in [0.5, 0.6) is 11.5 Å². The van der Waals surface area contributed by atoms with Crippen LogP contribution in [-0.4, -0.2) is 12.6 Å². The standard InChI is InChI=1S/C17H19NO3/c1-3-20-16(19)11-13-8-6-10-15(17(13)18)21-14-9-5-4-7-12(14)2/h4-10H,3,11,18H2,1-2H3. The summed E-state index contributed by atoms with van der Waals surface area (Å²) >= 11 is 0. The molecule has 0 aromatic heterocycles. The van der Waals surface area contributed by atoms with Crippen molar-refractivity contribution in [2.45, 2.75) is 20.3 Å². The van der Waals surface area contributed by atoms with E-state index < -0.39 is 0 Å². The van der Waals surface area contributed by atoms with Gasteiger partial charge < -0.3 is 15.2 Å². The number of nitrogen functional groups attached to an aromatic ring is 1. The molecule has 0 atom stereocenters. The van der Waals surface area contributed by atoms with Gasteiger partial charge in [0.1, 0.15) is 5.75 Å². The lowest BCUT2D eigenvalue weighted by Gasteiger charge is -2.13. The van der Waals surface area contributed by atoms with Crippen molar-refractivity contribution >= 4 is 11.7 Å². The van der Waals surface area contributed by atoms with Gasteiger partial charge in [-0.05, 0) is 37.1 Å². The summed E-state index contributed by atoms with van der Waals surface area (Å²) in [4.78, 5) is 11.6. The summed E-state index contributed by atoms with van der Waals surface area (Å²) in [5, 5.41) is 0. The van der Waals surface area contributed by atoms with Gasteiger partial charge in [0.25, 0.3) is 0 Å². The van der Waals surface area contributed by atoms with Gasteiger partial charge in [-0.2, -0.15) is 0 Å². The molecule has 0 radical (unpaired) electrons. The normalized spacial score (nSPS) is 10.2. The molecule has 0 aliphatic carbocycles. The average molecular weight is 285 g/mol. The third-order valence-corrected chi connectivity index (χ3v) is 3.11. The maximum absolute atomic E-state index is 11.6. The zero-order chi connectivity index (χ0) is 15.2. The summed E-state index contributed by atoms with van der Waals surface area (Å²) in [5.41, 5.74) is 8.29. The van der Waals surface area contributed by atoms with Crippen LogP contribution < -0.4 is 10.5 Å². The van der Waals surface area contributed by atoms with Crippen LogP contribution in [0.25, 0.3) is 0 Å². The van der Waals surface area contributed by atoms with E-state index in [1.165, 1.54) is 0 Å². The number of nitrogens with two attached hydrogens (primary N) is 1. The van der Waals surface area contributed by atoms with E-state index in [2.05, 4.69) is 0 Å². The van der Waals surface area contributed by atoms with Crippen LogP contribution in [-0.2, 0) is 16.0 Å². The van der Waals surface area contributed by atoms with Gasteiger partial charge in [0.05, 0.1) is 18.7 Å². The molecule has 0 aliphatic heterocycles. The second kappa shape index (κ2) is 6.79. The van der Waals surface area contributed by atoms with E-state index in [0.29, 0.717) is 23.6 Å². The lowest BCUT2D eigenvalue weighted by molar-refractivity contribution is -0.142. The Bertz CT molecular complexity index is 638. The third-order valence-electron chi connectivity index (χ3n) is 3.11. The van der Waals surface area contributed by atoms with Gasteiger partial charge in [-0.3, -0.25) is 4.79 Å². The molecular weight excluding hydrogens is 266 g/mol. The van der Waals surface area contributed by atoms with Gasteiger partial charge in [0.15, 0.2) is 5.75 Å². The fourth-order valence-corrected chi connectivity index (χ4v) is 1.99. The van der Waals surface area contributed by atoms with E-state index in [1.54, 1.807) is 19.1 Å². The molecule has 2 aromatic rings. The smallest absolute Gasteiger partial charge is 0.310 e. The summed E-state index contributed by atoms with van der Waals surface area (Å²) in [6.07, 6.45) is 0.143. The Morgan fingerprint density at radius 1 is 1.10 bits per heavy atom. The predicted octanol–water partition coefficient (Wildman–Crippen LogP) is 3.48. The molecule has 0 bridgehead atoms. The zero-order valence-corrected chi connectivity index (χ0v) is 12.3. The first-order valence-electron chi connectivity index (χ1n) is 6.88. The molecule has 0 heterocycles. The van der Waals surface area contributed by atoms with Crippen LogP contribution in [0.15, 0.2) is 42.5 Å². The number of rotatable bonds is 5. The molecule has 2 N–H and O–H groups in total. The summed E-state index contributed by atoms with van der Waals surface area (Å²) in [6, 6.07) is 13.1. The molecule has 4 heteroatoms. The van der Waals surface area contributed by atoms with E-state index in [0.717, 1.165) is 11.3 Å². The quantitative estimate of drug-likeness (QED) is 0.675. The van der Waals surface area contributed by atoms with Crippen molar-refractivity contribution in [1.29, 1.82) is 0 Å². The van der Waals surface area contributed by atoms with Gasteiger partial charge >= 0.3 is 5.97 Å². The molecule has 0 saturated carbocycles.